The molecule has 6 heteroatoms. The predicted octanol–water partition coefficient (Wildman–Crippen LogP) is 2.12. The van der Waals surface area contributed by atoms with E-state index in [1.807, 2.05) is 0 Å². The van der Waals surface area contributed by atoms with E-state index in [4.69, 9.17) is 11.6 Å². The normalized spacial score (nSPS) is 12.1. The Bertz CT molecular complexity index is 414. The molecule has 0 fully saturated rings. The van der Waals surface area contributed by atoms with Crippen LogP contribution in [-0.2, 0) is 9.53 Å². The summed E-state index contributed by atoms with van der Waals surface area (Å²) < 4.78 is 18.1. The maximum atomic E-state index is 13.5. The minimum atomic E-state index is -0.517. The van der Waals surface area contributed by atoms with Crippen molar-refractivity contribution in [3.05, 3.63) is 23.1 Å². The van der Waals surface area contributed by atoms with Crippen molar-refractivity contribution in [2.75, 3.05) is 25.6 Å². The highest BCUT2D eigenvalue weighted by Gasteiger charge is 2.18. The third kappa shape index (κ3) is 3.56. The zero-order valence-electron chi connectivity index (χ0n) is 9.91. The smallest absolute Gasteiger partial charge is 0.310 e. The molecular formula is C11H14ClFN2O2. The van der Waals surface area contributed by atoms with Gasteiger partial charge in [-0.05, 0) is 6.07 Å². The van der Waals surface area contributed by atoms with Crippen LogP contribution in [0, 0.1) is 11.7 Å². The van der Waals surface area contributed by atoms with Crippen LogP contribution in [0.3, 0.4) is 0 Å². The van der Waals surface area contributed by atoms with Gasteiger partial charge in [-0.3, -0.25) is 4.79 Å². The maximum Gasteiger partial charge on any atom is 0.310 e. The number of carbonyl (C=O) groups excluding carboxylic acids is 1. The van der Waals surface area contributed by atoms with Crippen LogP contribution in [0.1, 0.15) is 6.92 Å². The summed E-state index contributed by atoms with van der Waals surface area (Å²) in [7, 11) is 2.97. The summed E-state index contributed by atoms with van der Waals surface area (Å²) in [6.07, 6.45) is 1.36. The van der Waals surface area contributed by atoms with Gasteiger partial charge in [0, 0.05) is 19.8 Å². The fourth-order valence-electron chi connectivity index (χ4n) is 1.46. The minimum Gasteiger partial charge on any atom is -0.469 e. The average Bonchev–Trinajstić information content (AvgIpc) is 2.27. The van der Waals surface area contributed by atoms with E-state index in [0.29, 0.717) is 6.54 Å². The Kier molecular flexibility index (Phi) is 4.69. The molecule has 0 aliphatic heterocycles. The Balaban J connectivity index is 2.76. The van der Waals surface area contributed by atoms with Crippen molar-refractivity contribution in [2.24, 2.45) is 5.92 Å². The van der Waals surface area contributed by atoms with Gasteiger partial charge in [-0.1, -0.05) is 18.5 Å². The molecule has 0 bridgehead atoms. The first-order valence-electron chi connectivity index (χ1n) is 5.05. The van der Waals surface area contributed by atoms with Crippen LogP contribution < -0.4 is 4.90 Å². The van der Waals surface area contributed by atoms with E-state index >= 15 is 0 Å². The third-order valence-electron chi connectivity index (χ3n) is 2.30. The third-order valence-corrected chi connectivity index (χ3v) is 2.51. The summed E-state index contributed by atoms with van der Waals surface area (Å²) in [4.78, 5) is 16.7. The van der Waals surface area contributed by atoms with Gasteiger partial charge in [-0.25, -0.2) is 9.37 Å². The van der Waals surface area contributed by atoms with Gasteiger partial charge in [0.15, 0.2) is 11.6 Å². The lowest BCUT2D eigenvalue weighted by atomic mass is 10.2. The van der Waals surface area contributed by atoms with E-state index in [1.165, 1.54) is 19.4 Å². The lowest BCUT2D eigenvalue weighted by molar-refractivity contribution is -0.144. The number of hydrogen-bond donors (Lipinski definition) is 0. The SMILES string of the molecule is COC(=O)C(C)CN(C)c1ncc(Cl)cc1F. The molecule has 0 spiro atoms. The summed E-state index contributed by atoms with van der Waals surface area (Å²) in [5, 5.41) is 0.237. The van der Waals surface area contributed by atoms with Crippen LogP contribution in [0.15, 0.2) is 12.3 Å². The molecule has 1 aromatic rings. The molecule has 0 aliphatic rings. The molecule has 0 saturated carbocycles. The summed E-state index contributed by atoms with van der Waals surface area (Å²) in [6, 6.07) is 1.18. The molecule has 0 amide bonds. The quantitative estimate of drug-likeness (QED) is 0.778. The van der Waals surface area contributed by atoms with Gasteiger partial charge in [0.05, 0.1) is 18.1 Å². The molecular weight excluding hydrogens is 247 g/mol. The number of carbonyl (C=O) groups is 1. The van der Waals surface area contributed by atoms with E-state index < -0.39 is 5.82 Å². The van der Waals surface area contributed by atoms with Gasteiger partial charge in [-0.15, -0.1) is 0 Å². The second-order valence-corrected chi connectivity index (χ2v) is 4.20. The van der Waals surface area contributed by atoms with Crippen LogP contribution in [0.4, 0.5) is 10.2 Å². The van der Waals surface area contributed by atoms with Gasteiger partial charge < -0.3 is 9.64 Å². The first-order valence-corrected chi connectivity index (χ1v) is 5.43. The number of rotatable bonds is 4. The molecule has 4 nitrogen and oxygen atoms in total. The van der Waals surface area contributed by atoms with Gasteiger partial charge in [-0.2, -0.15) is 0 Å². The largest absolute Gasteiger partial charge is 0.469 e. The highest BCUT2D eigenvalue weighted by atomic mass is 35.5. The molecule has 1 atom stereocenters. The molecule has 17 heavy (non-hydrogen) atoms. The highest BCUT2D eigenvalue weighted by molar-refractivity contribution is 6.30. The van der Waals surface area contributed by atoms with Crippen molar-refractivity contribution in [2.45, 2.75) is 6.92 Å². The van der Waals surface area contributed by atoms with Crippen molar-refractivity contribution < 1.29 is 13.9 Å². The zero-order chi connectivity index (χ0) is 13.0. The second kappa shape index (κ2) is 5.82. The topological polar surface area (TPSA) is 42.4 Å². The maximum absolute atomic E-state index is 13.5. The molecule has 1 unspecified atom stereocenters. The second-order valence-electron chi connectivity index (χ2n) is 3.76. The molecule has 0 N–H and O–H groups in total. The van der Waals surface area contributed by atoms with E-state index in [-0.39, 0.29) is 22.7 Å². The molecule has 0 radical (unpaired) electrons. The highest BCUT2D eigenvalue weighted by Crippen LogP contribution is 2.19. The molecule has 0 saturated heterocycles. The fourth-order valence-corrected chi connectivity index (χ4v) is 1.61. The standard InChI is InChI=1S/C11H14ClFN2O2/c1-7(11(16)17-3)6-15(2)10-9(13)4-8(12)5-14-10/h4-5,7H,6H2,1-3H3. The van der Waals surface area contributed by atoms with Crippen LogP contribution in [0.25, 0.3) is 0 Å². The Morgan fingerprint density at radius 1 is 1.71 bits per heavy atom. The van der Waals surface area contributed by atoms with Crippen LogP contribution in [0.2, 0.25) is 5.02 Å². The molecule has 1 aromatic heterocycles. The predicted molar refractivity (Wildman–Crippen MR) is 63.7 cm³/mol. The summed E-state index contributed by atoms with van der Waals surface area (Å²) in [5.41, 5.74) is 0. The van der Waals surface area contributed by atoms with Gasteiger partial charge >= 0.3 is 5.97 Å². The van der Waals surface area contributed by atoms with E-state index in [9.17, 15) is 9.18 Å². The molecule has 1 rings (SSSR count). The Morgan fingerprint density at radius 2 is 2.35 bits per heavy atom. The van der Waals surface area contributed by atoms with E-state index in [2.05, 4.69) is 9.72 Å². The van der Waals surface area contributed by atoms with Gasteiger partial charge in [0.2, 0.25) is 0 Å². The summed E-state index contributed by atoms with van der Waals surface area (Å²) in [6.45, 7) is 2.02. The van der Waals surface area contributed by atoms with Crippen LogP contribution >= 0.6 is 11.6 Å². The lowest BCUT2D eigenvalue weighted by Crippen LogP contribution is -2.30. The number of aromatic nitrogens is 1. The number of hydrogen-bond acceptors (Lipinski definition) is 4. The van der Waals surface area contributed by atoms with Crippen molar-refractivity contribution in [3.63, 3.8) is 0 Å². The monoisotopic (exact) mass is 260 g/mol. The first-order chi connectivity index (χ1) is 7.95. The van der Waals surface area contributed by atoms with Crippen molar-refractivity contribution >= 4 is 23.4 Å². The van der Waals surface area contributed by atoms with Crippen molar-refractivity contribution in [1.29, 1.82) is 0 Å². The molecule has 1 heterocycles. The number of ether oxygens (including phenoxy) is 1. The number of nitrogens with zero attached hydrogens (tertiary/aromatic N) is 2. The fraction of sp³-hybridized carbons (Fsp3) is 0.455. The number of anilines is 1. The summed E-state index contributed by atoms with van der Waals surface area (Å²) in [5.74, 6) is -1.06. The Morgan fingerprint density at radius 3 is 2.88 bits per heavy atom. The molecule has 0 aliphatic carbocycles. The molecule has 0 aromatic carbocycles. The zero-order valence-corrected chi connectivity index (χ0v) is 10.7. The molecule has 94 valence electrons. The summed E-state index contributed by atoms with van der Waals surface area (Å²) >= 11 is 5.61. The first kappa shape index (κ1) is 13.7. The Hall–Kier alpha value is -1.36. The number of esters is 1. The van der Waals surface area contributed by atoms with Crippen LogP contribution in [0.5, 0.6) is 0 Å². The lowest BCUT2D eigenvalue weighted by Gasteiger charge is -2.21. The average molecular weight is 261 g/mol. The Labute approximate surface area is 104 Å². The van der Waals surface area contributed by atoms with Crippen molar-refractivity contribution in [3.8, 4) is 0 Å². The van der Waals surface area contributed by atoms with Gasteiger partial charge in [0.25, 0.3) is 0 Å². The van der Waals surface area contributed by atoms with E-state index in [0.717, 1.165) is 0 Å². The number of pyridine rings is 1. The number of methoxy groups -OCH3 is 1. The minimum absolute atomic E-state index is 0.158. The van der Waals surface area contributed by atoms with Crippen LogP contribution in [-0.4, -0.2) is 31.7 Å². The van der Waals surface area contributed by atoms with E-state index in [1.54, 1.807) is 18.9 Å². The van der Waals surface area contributed by atoms with Gasteiger partial charge in [0.1, 0.15) is 0 Å². The number of halogens is 2. The van der Waals surface area contributed by atoms with Crippen molar-refractivity contribution in [1.82, 2.24) is 4.98 Å².